The second-order valence-electron chi connectivity index (χ2n) is 6.65. The van der Waals surface area contributed by atoms with Gasteiger partial charge in [-0.1, -0.05) is 24.3 Å². The summed E-state index contributed by atoms with van der Waals surface area (Å²) in [7, 11) is 0. The normalized spacial score (nSPS) is 22.6. The van der Waals surface area contributed by atoms with Crippen molar-refractivity contribution in [2.24, 2.45) is 0 Å². The number of nitrogens with one attached hydrogen (secondary N) is 2. The van der Waals surface area contributed by atoms with Crippen LogP contribution >= 0.6 is 12.4 Å². The number of halogens is 3. The van der Waals surface area contributed by atoms with Gasteiger partial charge in [0.15, 0.2) is 0 Å². The Morgan fingerprint density at radius 2 is 2.04 bits per heavy atom. The lowest BCUT2D eigenvalue weighted by molar-refractivity contribution is -0.123. The largest absolute Gasteiger partial charge is 0.381 e. The molecule has 1 aromatic carbocycles. The van der Waals surface area contributed by atoms with Gasteiger partial charge >= 0.3 is 0 Å². The number of hydrogen-bond donors (Lipinski definition) is 2. The van der Waals surface area contributed by atoms with Crippen LogP contribution in [0.1, 0.15) is 30.4 Å². The van der Waals surface area contributed by atoms with Crippen molar-refractivity contribution in [3.05, 3.63) is 35.4 Å². The van der Waals surface area contributed by atoms with Gasteiger partial charge in [0, 0.05) is 26.2 Å². The maximum atomic E-state index is 13.1. The van der Waals surface area contributed by atoms with Crippen LogP contribution in [0.2, 0.25) is 0 Å². The summed E-state index contributed by atoms with van der Waals surface area (Å²) in [5, 5.41) is 5.28. The lowest BCUT2D eigenvalue weighted by Crippen LogP contribution is -2.40. The van der Waals surface area contributed by atoms with Crippen molar-refractivity contribution < 1.29 is 23.0 Å². The molecular formula is C18H25ClF2N2O3. The average Bonchev–Trinajstić information content (AvgIpc) is 2.99. The van der Waals surface area contributed by atoms with Crippen molar-refractivity contribution in [3.63, 3.8) is 0 Å². The van der Waals surface area contributed by atoms with E-state index in [0.29, 0.717) is 13.2 Å². The highest BCUT2D eigenvalue weighted by Gasteiger charge is 2.42. The lowest BCUT2D eigenvalue weighted by atomic mass is 10.1. The highest BCUT2D eigenvalue weighted by molar-refractivity contribution is 5.85. The Hall–Kier alpha value is -1.28. The van der Waals surface area contributed by atoms with E-state index in [9.17, 15) is 13.6 Å². The average molecular weight is 391 g/mol. The molecule has 0 aromatic heterocycles. The van der Waals surface area contributed by atoms with Crippen molar-refractivity contribution in [2.45, 2.75) is 50.5 Å². The van der Waals surface area contributed by atoms with E-state index in [1.54, 1.807) is 0 Å². The first-order chi connectivity index (χ1) is 12.0. The summed E-state index contributed by atoms with van der Waals surface area (Å²) in [6.45, 7) is 1.87. The minimum Gasteiger partial charge on any atom is -0.381 e. The fraction of sp³-hybridized carbons (Fsp3) is 0.611. The standard InChI is InChI=1S/C18H24F2N2O3.ClH/c19-18(20)9-16(22-12-18)17(23)21-10-13-2-1-3-14(8-13)11-25-15-4-6-24-7-5-15;/h1-3,8,15-16,22H,4-7,9-12H2,(H,21,23);1H. The van der Waals surface area contributed by atoms with Crippen LogP contribution in [0.15, 0.2) is 24.3 Å². The Morgan fingerprint density at radius 3 is 2.73 bits per heavy atom. The fourth-order valence-electron chi connectivity index (χ4n) is 3.10. The molecule has 26 heavy (non-hydrogen) atoms. The number of carbonyl (C=O) groups is 1. The van der Waals surface area contributed by atoms with Gasteiger partial charge in [-0.25, -0.2) is 8.78 Å². The van der Waals surface area contributed by atoms with E-state index in [1.165, 1.54) is 0 Å². The summed E-state index contributed by atoms with van der Waals surface area (Å²) in [5.74, 6) is -3.19. The van der Waals surface area contributed by atoms with E-state index in [-0.39, 0.29) is 24.4 Å². The zero-order valence-corrected chi connectivity index (χ0v) is 15.3. The number of benzene rings is 1. The summed E-state index contributed by atoms with van der Waals surface area (Å²) in [6, 6.07) is 6.93. The number of alkyl halides is 2. The van der Waals surface area contributed by atoms with Gasteiger partial charge in [-0.3, -0.25) is 10.1 Å². The third-order valence-corrected chi connectivity index (χ3v) is 4.54. The van der Waals surface area contributed by atoms with Crippen LogP contribution in [-0.2, 0) is 27.4 Å². The maximum absolute atomic E-state index is 13.1. The molecule has 0 aliphatic carbocycles. The first-order valence-corrected chi connectivity index (χ1v) is 8.68. The molecule has 2 heterocycles. The van der Waals surface area contributed by atoms with Gasteiger partial charge in [0.05, 0.1) is 25.3 Å². The Morgan fingerprint density at radius 1 is 1.31 bits per heavy atom. The number of ether oxygens (including phenoxy) is 2. The number of carbonyl (C=O) groups excluding carboxylic acids is 1. The van der Waals surface area contributed by atoms with Gasteiger partial charge < -0.3 is 14.8 Å². The molecule has 2 aliphatic heterocycles. The monoisotopic (exact) mass is 390 g/mol. The molecule has 1 atom stereocenters. The quantitative estimate of drug-likeness (QED) is 0.783. The third-order valence-electron chi connectivity index (χ3n) is 4.54. The molecule has 2 aliphatic rings. The minimum absolute atomic E-state index is 0. The Kier molecular flexibility index (Phi) is 7.76. The molecule has 3 rings (SSSR count). The highest BCUT2D eigenvalue weighted by atomic mass is 35.5. The highest BCUT2D eigenvalue weighted by Crippen LogP contribution is 2.25. The Balaban J connectivity index is 0.00000243. The van der Waals surface area contributed by atoms with Crippen LogP contribution < -0.4 is 10.6 Å². The van der Waals surface area contributed by atoms with Crippen molar-refractivity contribution in [1.82, 2.24) is 10.6 Å². The van der Waals surface area contributed by atoms with Gasteiger partial charge in [0.25, 0.3) is 5.92 Å². The van der Waals surface area contributed by atoms with E-state index < -0.39 is 24.9 Å². The first kappa shape index (κ1) is 21.0. The van der Waals surface area contributed by atoms with Crippen molar-refractivity contribution in [2.75, 3.05) is 19.8 Å². The molecule has 2 saturated heterocycles. The molecule has 0 spiro atoms. The van der Waals surface area contributed by atoms with E-state index in [1.807, 2.05) is 24.3 Å². The second kappa shape index (κ2) is 9.60. The van der Waals surface area contributed by atoms with E-state index in [0.717, 1.165) is 37.2 Å². The predicted molar refractivity (Wildman–Crippen MR) is 95.5 cm³/mol. The molecule has 1 unspecified atom stereocenters. The van der Waals surface area contributed by atoms with Gasteiger partial charge in [-0.15, -0.1) is 12.4 Å². The molecule has 0 radical (unpaired) electrons. The molecule has 0 bridgehead atoms. The van der Waals surface area contributed by atoms with Crippen LogP contribution in [0.25, 0.3) is 0 Å². The first-order valence-electron chi connectivity index (χ1n) is 8.68. The van der Waals surface area contributed by atoms with Crippen LogP contribution in [0.5, 0.6) is 0 Å². The minimum atomic E-state index is -2.80. The van der Waals surface area contributed by atoms with E-state index in [4.69, 9.17) is 9.47 Å². The van der Waals surface area contributed by atoms with Crippen LogP contribution in [0, 0.1) is 0 Å². The summed E-state index contributed by atoms with van der Waals surface area (Å²) >= 11 is 0. The van der Waals surface area contributed by atoms with Gasteiger partial charge in [-0.2, -0.15) is 0 Å². The zero-order chi connectivity index (χ0) is 17.7. The smallest absolute Gasteiger partial charge is 0.262 e. The molecule has 2 N–H and O–H groups in total. The Labute approximate surface area is 158 Å². The number of hydrogen-bond acceptors (Lipinski definition) is 4. The van der Waals surface area contributed by atoms with E-state index >= 15 is 0 Å². The third kappa shape index (κ3) is 6.16. The van der Waals surface area contributed by atoms with Crippen LogP contribution in [0.4, 0.5) is 8.78 Å². The number of amides is 1. The van der Waals surface area contributed by atoms with Gasteiger partial charge in [-0.05, 0) is 24.0 Å². The molecule has 2 fully saturated rings. The Bertz CT molecular complexity index is 598. The zero-order valence-electron chi connectivity index (χ0n) is 14.5. The van der Waals surface area contributed by atoms with E-state index in [2.05, 4.69) is 10.6 Å². The predicted octanol–water partition coefficient (Wildman–Crippen LogP) is 2.42. The van der Waals surface area contributed by atoms with Gasteiger partial charge in [0.2, 0.25) is 5.91 Å². The van der Waals surface area contributed by atoms with Gasteiger partial charge in [0.1, 0.15) is 0 Å². The topological polar surface area (TPSA) is 59.6 Å². The molecule has 1 aromatic rings. The summed E-state index contributed by atoms with van der Waals surface area (Å²) < 4.78 is 37.5. The van der Waals surface area contributed by atoms with Crippen molar-refractivity contribution in [1.29, 1.82) is 0 Å². The second-order valence-corrected chi connectivity index (χ2v) is 6.65. The van der Waals surface area contributed by atoms with Crippen LogP contribution in [-0.4, -0.2) is 43.7 Å². The number of rotatable bonds is 6. The summed E-state index contributed by atoms with van der Waals surface area (Å²) in [4.78, 5) is 12.0. The lowest BCUT2D eigenvalue weighted by Gasteiger charge is -2.22. The summed E-state index contributed by atoms with van der Waals surface area (Å²) in [5.41, 5.74) is 1.95. The van der Waals surface area contributed by atoms with Crippen molar-refractivity contribution >= 4 is 18.3 Å². The molecule has 0 saturated carbocycles. The van der Waals surface area contributed by atoms with Crippen LogP contribution in [0.3, 0.4) is 0 Å². The fourth-order valence-corrected chi connectivity index (χ4v) is 3.10. The SMILES string of the molecule is Cl.O=C(NCc1cccc(COC2CCOCC2)c1)C1CC(F)(F)CN1. The maximum Gasteiger partial charge on any atom is 0.262 e. The molecular weight excluding hydrogens is 366 g/mol. The summed E-state index contributed by atoms with van der Waals surface area (Å²) in [6.07, 6.45) is 1.61. The molecule has 1 amide bonds. The van der Waals surface area contributed by atoms with Crippen molar-refractivity contribution in [3.8, 4) is 0 Å². The molecule has 8 heteroatoms. The molecule has 5 nitrogen and oxygen atoms in total. The molecule has 146 valence electrons.